The molecule has 2 heterocycles. The molecule has 1 atom stereocenters. The Morgan fingerprint density at radius 1 is 0.657 bits per heavy atom. The lowest BCUT2D eigenvalue weighted by Crippen LogP contribution is -2.48. The van der Waals surface area contributed by atoms with Gasteiger partial charge in [0.15, 0.2) is 0 Å². The van der Waals surface area contributed by atoms with Crippen molar-refractivity contribution in [3.8, 4) is 11.1 Å². The van der Waals surface area contributed by atoms with Gasteiger partial charge in [0.25, 0.3) is 5.91 Å². The number of likely N-dealkylation sites (tertiary alicyclic amines) is 1. The van der Waals surface area contributed by atoms with Crippen LogP contribution in [0.25, 0.3) is 11.1 Å². The molecule has 2 saturated heterocycles. The van der Waals surface area contributed by atoms with E-state index in [2.05, 4.69) is 52.6 Å². The van der Waals surface area contributed by atoms with Crippen LogP contribution >= 0.6 is 0 Å². The first-order valence-corrected chi connectivity index (χ1v) is 19.3. The topological polar surface area (TPSA) is 197 Å². The van der Waals surface area contributed by atoms with Gasteiger partial charge in [-0.15, -0.1) is 0 Å². The quantitative estimate of drug-likeness (QED) is 0.121. The van der Waals surface area contributed by atoms with Crippen LogP contribution in [0.4, 0.5) is 57.1 Å². The number of aliphatic carboxylic acids is 4. The highest BCUT2D eigenvalue weighted by atomic mass is 19.4. The van der Waals surface area contributed by atoms with Gasteiger partial charge in [0, 0.05) is 49.9 Å². The van der Waals surface area contributed by atoms with Crippen molar-refractivity contribution in [2.24, 2.45) is 5.92 Å². The summed E-state index contributed by atoms with van der Waals surface area (Å²) in [5, 5.41) is 35.0. The third-order valence-electron chi connectivity index (χ3n) is 9.10. The molecule has 67 heavy (non-hydrogen) atoms. The highest BCUT2D eigenvalue weighted by Gasteiger charge is 2.40. The van der Waals surface area contributed by atoms with Crippen molar-refractivity contribution < 1.29 is 101 Å². The SMILES string of the molecule is C[C@H]1CN(Cc2cccc(-c3cc(CNC(=O)c4cccc(CC5CCN(C)CC5)c4)ccc3F)c2)CCN1.O=C(O)C(F)(F)F.O=C(O)C(F)(F)F.O=C(O)C(F)(F)F.O=C(O)C(F)(F)F. The minimum atomic E-state index is -5.08. The summed E-state index contributed by atoms with van der Waals surface area (Å²) in [5.41, 5.74) is 5.39. The maximum Gasteiger partial charge on any atom is 0.490 e. The molecule has 0 saturated carbocycles. The van der Waals surface area contributed by atoms with Crippen LogP contribution in [-0.4, -0.2) is 131 Å². The fourth-order valence-corrected chi connectivity index (χ4v) is 5.88. The Morgan fingerprint density at radius 2 is 1.13 bits per heavy atom. The first-order chi connectivity index (χ1) is 30.7. The number of amides is 1. The number of piperidine rings is 1. The van der Waals surface area contributed by atoms with E-state index in [1.54, 1.807) is 6.07 Å². The maximum absolute atomic E-state index is 14.9. The van der Waals surface area contributed by atoms with E-state index in [-0.39, 0.29) is 11.7 Å². The van der Waals surface area contributed by atoms with E-state index in [9.17, 15) is 61.9 Å². The zero-order valence-electron chi connectivity index (χ0n) is 35.2. The van der Waals surface area contributed by atoms with Crippen molar-refractivity contribution in [1.29, 1.82) is 0 Å². The summed E-state index contributed by atoms with van der Waals surface area (Å²) in [5.74, 6) is -10.7. The molecule has 5 rings (SSSR count). The average molecular weight is 985 g/mol. The summed E-state index contributed by atoms with van der Waals surface area (Å²) in [6.07, 6.45) is -16.9. The molecule has 3 aromatic rings. The zero-order valence-corrected chi connectivity index (χ0v) is 35.2. The number of carbonyl (C=O) groups excluding carboxylic acids is 1. The number of carboxylic acid groups (broad SMARTS) is 4. The molecule has 374 valence electrons. The lowest BCUT2D eigenvalue weighted by molar-refractivity contribution is -0.193. The van der Waals surface area contributed by atoms with E-state index >= 15 is 0 Å². The lowest BCUT2D eigenvalue weighted by Gasteiger charge is -2.31. The van der Waals surface area contributed by atoms with Gasteiger partial charge in [0.2, 0.25) is 0 Å². The minimum absolute atomic E-state index is 0.0988. The predicted molar refractivity (Wildman–Crippen MR) is 211 cm³/mol. The Kier molecular flexibility index (Phi) is 23.2. The molecule has 2 fully saturated rings. The van der Waals surface area contributed by atoms with Crippen LogP contribution in [0.15, 0.2) is 66.7 Å². The van der Waals surface area contributed by atoms with Gasteiger partial charge in [-0.25, -0.2) is 23.6 Å². The number of rotatable bonds is 8. The van der Waals surface area contributed by atoms with E-state index in [0.29, 0.717) is 29.6 Å². The van der Waals surface area contributed by atoms with Crippen LogP contribution in [0, 0.1) is 11.7 Å². The van der Waals surface area contributed by atoms with Crippen LogP contribution in [0.1, 0.15) is 46.8 Å². The van der Waals surface area contributed by atoms with Gasteiger partial charge in [0.1, 0.15) is 5.82 Å². The molecule has 0 radical (unpaired) electrons. The van der Waals surface area contributed by atoms with Gasteiger partial charge in [-0.2, -0.15) is 52.7 Å². The fraction of sp³-hybridized carbons (Fsp3) is 0.439. The summed E-state index contributed by atoms with van der Waals surface area (Å²) in [7, 11) is 2.18. The third kappa shape index (κ3) is 23.8. The Morgan fingerprint density at radius 3 is 1.61 bits per heavy atom. The summed E-state index contributed by atoms with van der Waals surface area (Å²) in [6, 6.07) is 21.7. The minimum Gasteiger partial charge on any atom is -0.475 e. The molecule has 26 heteroatoms. The summed E-state index contributed by atoms with van der Waals surface area (Å²) in [4.78, 5) is 53.4. The van der Waals surface area contributed by atoms with Crippen molar-refractivity contribution in [2.45, 2.75) is 70.0 Å². The molecule has 0 aliphatic carbocycles. The number of benzene rings is 3. The zero-order chi connectivity index (χ0) is 51.5. The first kappa shape index (κ1) is 59.0. The lowest BCUT2D eigenvalue weighted by atomic mass is 9.90. The molecule has 0 bridgehead atoms. The normalized spacial score (nSPS) is 15.9. The molecule has 0 unspecified atom stereocenters. The summed E-state index contributed by atoms with van der Waals surface area (Å²) < 4.78 is 142. The van der Waals surface area contributed by atoms with Crippen LogP contribution in [0.5, 0.6) is 0 Å². The second kappa shape index (κ2) is 26.4. The van der Waals surface area contributed by atoms with Crippen LogP contribution < -0.4 is 10.6 Å². The largest absolute Gasteiger partial charge is 0.490 e. The van der Waals surface area contributed by atoms with E-state index in [1.165, 1.54) is 30.0 Å². The first-order valence-electron chi connectivity index (χ1n) is 19.3. The van der Waals surface area contributed by atoms with Crippen LogP contribution in [-0.2, 0) is 38.7 Å². The second-order valence-corrected chi connectivity index (χ2v) is 14.7. The Hall–Kier alpha value is -6.02. The van der Waals surface area contributed by atoms with Crippen molar-refractivity contribution >= 4 is 29.8 Å². The number of carboxylic acids is 4. The summed E-state index contributed by atoms with van der Waals surface area (Å²) >= 11 is 0. The third-order valence-corrected chi connectivity index (χ3v) is 9.10. The highest BCUT2D eigenvalue weighted by molar-refractivity contribution is 5.94. The van der Waals surface area contributed by atoms with Gasteiger partial charge in [-0.1, -0.05) is 36.4 Å². The molecule has 13 nitrogen and oxygen atoms in total. The number of alkyl halides is 12. The Bertz CT molecular complexity index is 1990. The molecule has 2 aliphatic heterocycles. The number of nitrogens with zero attached hydrogens (tertiary/aromatic N) is 2. The number of halogens is 13. The molecule has 6 N–H and O–H groups in total. The predicted octanol–water partition coefficient (Wildman–Crippen LogP) is 7.63. The Balaban J connectivity index is 0.000000648. The van der Waals surface area contributed by atoms with Gasteiger partial charge >= 0.3 is 48.6 Å². The van der Waals surface area contributed by atoms with E-state index in [1.807, 2.05) is 36.4 Å². The molecule has 2 aliphatic rings. The Labute approximate surface area is 373 Å². The van der Waals surface area contributed by atoms with Gasteiger partial charge in [0.05, 0.1) is 0 Å². The number of hydrogen-bond donors (Lipinski definition) is 6. The standard InChI is InChI=1S/C33H41FN4O.4C2HF3O2/c1-24-22-38(16-13-35-24)23-28-6-4-7-29(19-28)31-20-27(9-10-32(31)34)21-36-33(39)30-8-3-5-26(18-30)17-25-11-14-37(2)15-12-25;4*3-2(4,5)1(6)7/h3-10,18-20,24-25,35H,11-17,21-23H2,1-2H3,(H,36,39);4*(H,6,7)/t24-;;;;/m0..../s1. The molecule has 1 amide bonds. The fourth-order valence-electron chi connectivity index (χ4n) is 5.88. The number of nitrogens with one attached hydrogen (secondary N) is 2. The number of hydrogen-bond acceptors (Lipinski definition) is 8. The van der Waals surface area contributed by atoms with Gasteiger partial charge < -0.3 is 36.0 Å². The maximum atomic E-state index is 14.9. The number of piperazine rings is 1. The molecule has 0 spiro atoms. The van der Waals surface area contributed by atoms with Crippen molar-refractivity contribution in [3.05, 3.63) is 94.8 Å². The van der Waals surface area contributed by atoms with E-state index < -0.39 is 48.6 Å². The molecule has 0 aromatic heterocycles. The molecular weight excluding hydrogens is 939 g/mol. The van der Waals surface area contributed by atoms with Crippen LogP contribution in [0.3, 0.4) is 0 Å². The molecular formula is C41H45F13N4O9. The monoisotopic (exact) mass is 984 g/mol. The van der Waals surface area contributed by atoms with E-state index in [0.717, 1.165) is 56.8 Å². The van der Waals surface area contributed by atoms with Crippen molar-refractivity contribution in [2.75, 3.05) is 39.8 Å². The van der Waals surface area contributed by atoms with Gasteiger partial charge in [-0.3, -0.25) is 9.69 Å². The highest BCUT2D eigenvalue weighted by Crippen LogP contribution is 2.27. The number of carbonyl (C=O) groups is 5. The smallest absolute Gasteiger partial charge is 0.475 e. The van der Waals surface area contributed by atoms with Crippen molar-refractivity contribution in [1.82, 2.24) is 20.4 Å². The molecule has 3 aromatic carbocycles. The van der Waals surface area contributed by atoms with Crippen LogP contribution in [0.2, 0.25) is 0 Å². The summed E-state index contributed by atoms with van der Waals surface area (Å²) in [6.45, 7) is 8.71. The second-order valence-electron chi connectivity index (χ2n) is 14.7. The van der Waals surface area contributed by atoms with Crippen molar-refractivity contribution in [3.63, 3.8) is 0 Å². The van der Waals surface area contributed by atoms with E-state index in [4.69, 9.17) is 39.6 Å². The average Bonchev–Trinajstić information content (AvgIpc) is 3.21. The van der Waals surface area contributed by atoms with Gasteiger partial charge in [-0.05, 0) is 105 Å².